The molecule has 9 heteroatoms. The van der Waals surface area contributed by atoms with E-state index in [4.69, 9.17) is 4.52 Å². The lowest BCUT2D eigenvalue weighted by Gasteiger charge is -2.33. The Morgan fingerprint density at radius 3 is 2.67 bits per heavy atom. The Hall–Kier alpha value is -3.23. The van der Waals surface area contributed by atoms with Gasteiger partial charge >= 0.3 is 6.03 Å². The minimum atomic E-state index is -0.844. The predicted octanol–water partition coefficient (Wildman–Crippen LogP) is 2.79. The molecule has 1 aliphatic heterocycles. The number of anilines is 1. The average molecular weight is 411 g/mol. The molecule has 0 unspecified atom stereocenters. The molecule has 2 aliphatic rings. The second kappa shape index (κ2) is 7.55. The number of aromatic nitrogens is 2. The number of rotatable bonds is 4. The normalized spacial score (nSPS) is 23.7. The van der Waals surface area contributed by atoms with Gasteiger partial charge in [-0.3, -0.25) is 14.5 Å². The Kier molecular flexibility index (Phi) is 5.05. The molecule has 1 aliphatic carbocycles. The topological polar surface area (TPSA) is 117 Å². The Morgan fingerprint density at radius 2 is 2.03 bits per heavy atom. The highest BCUT2D eigenvalue weighted by Gasteiger charge is 2.52. The maximum Gasteiger partial charge on any atom is 0.325 e. The van der Waals surface area contributed by atoms with E-state index in [0.29, 0.717) is 36.2 Å². The van der Waals surface area contributed by atoms with Crippen LogP contribution in [0.25, 0.3) is 11.5 Å². The molecule has 1 aromatic heterocycles. The minimum Gasteiger partial charge on any atom is -0.334 e. The molecule has 1 aromatic carbocycles. The number of nitrogens with zero attached hydrogens (tertiary/aromatic N) is 3. The number of benzene rings is 1. The summed E-state index contributed by atoms with van der Waals surface area (Å²) in [4.78, 5) is 43.1. The first-order chi connectivity index (χ1) is 14.3. The van der Waals surface area contributed by atoms with Gasteiger partial charge in [-0.05, 0) is 69.2 Å². The number of aryl methyl sites for hydroxylation is 2. The summed E-state index contributed by atoms with van der Waals surface area (Å²) >= 11 is 0. The first-order valence-corrected chi connectivity index (χ1v) is 10.1. The van der Waals surface area contributed by atoms with Crippen molar-refractivity contribution >= 4 is 23.5 Å². The van der Waals surface area contributed by atoms with Crippen LogP contribution >= 0.6 is 0 Å². The molecule has 2 N–H and O–H groups in total. The zero-order valence-electron chi connectivity index (χ0n) is 17.3. The number of carbonyl (C=O) groups excluding carboxylic acids is 3. The van der Waals surface area contributed by atoms with Crippen LogP contribution in [-0.2, 0) is 9.59 Å². The summed E-state index contributed by atoms with van der Waals surface area (Å²) in [6.07, 6.45) is 3.01. The van der Waals surface area contributed by atoms with E-state index in [9.17, 15) is 14.4 Å². The molecule has 1 saturated carbocycles. The molecular formula is C21H25N5O4. The number of amides is 4. The number of hydrogen-bond acceptors (Lipinski definition) is 6. The highest BCUT2D eigenvalue weighted by atomic mass is 16.5. The molecule has 2 heterocycles. The van der Waals surface area contributed by atoms with Crippen LogP contribution in [-0.4, -0.2) is 45.0 Å². The van der Waals surface area contributed by atoms with Crippen molar-refractivity contribution in [2.75, 3.05) is 11.9 Å². The molecule has 1 spiro atoms. The SMILES string of the molecule is Cc1noc(-c2ccc(NC(=O)CN3C(=O)NC4(CCC(C)CC4)C3=O)c(C)c2)n1. The maximum atomic E-state index is 12.9. The Morgan fingerprint density at radius 1 is 1.30 bits per heavy atom. The van der Waals surface area contributed by atoms with Gasteiger partial charge in [-0.15, -0.1) is 0 Å². The van der Waals surface area contributed by atoms with E-state index < -0.39 is 17.5 Å². The largest absolute Gasteiger partial charge is 0.334 e. The van der Waals surface area contributed by atoms with Crippen molar-refractivity contribution in [1.29, 1.82) is 0 Å². The van der Waals surface area contributed by atoms with Crippen LogP contribution in [0, 0.1) is 19.8 Å². The lowest BCUT2D eigenvalue weighted by atomic mass is 9.77. The average Bonchev–Trinajstić information content (AvgIpc) is 3.23. The van der Waals surface area contributed by atoms with Gasteiger partial charge in [0, 0.05) is 11.3 Å². The molecule has 9 nitrogen and oxygen atoms in total. The van der Waals surface area contributed by atoms with Crippen molar-refractivity contribution in [2.24, 2.45) is 5.92 Å². The smallest absolute Gasteiger partial charge is 0.325 e. The third-order valence-electron chi connectivity index (χ3n) is 5.95. The monoisotopic (exact) mass is 411 g/mol. The quantitative estimate of drug-likeness (QED) is 0.747. The van der Waals surface area contributed by atoms with Crippen LogP contribution in [0.15, 0.2) is 22.7 Å². The molecule has 2 aromatic rings. The van der Waals surface area contributed by atoms with Crippen LogP contribution in [0.3, 0.4) is 0 Å². The molecule has 0 atom stereocenters. The Labute approximate surface area is 174 Å². The van der Waals surface area contributed by atoms with Crippen molar-refractivity contribution in [3.05, 3.63) is 29.6 Å². The lowest BCUT2D eigenvalue weighted by Crippen LogP contribution is -2.49. The molecule has 158 valence electrons. The maximum absolute atomic E-state index is 12.9. The number of imide groups is 1. The van der Waals surface area contributed by atoms with Gasteiger partial charge in [0.2, 0.25) is 5.91 Å². The van der Waals surface area contributed by atoms with E-state index in [0.717, 1.165) is 28.9 Å². The van der Waals surface area contributed by atoms with Gasteiger partial charge in [0.25, 0.3) is 11.8 Å². The number of hydrogen-bond donors (Lipinski definition) is 2. The van der Waals surface area contributed by atoms with Crippen molar-refractivity contribution in [2.45, 2.75) is 52.0 Å². The fourth-order valence-electron chi connectivity index (χ4n) is 4.10. The van der Waals surface area contributed by atoms with E-state index in [2.05, 4.69) is 27.7 Å². The third-order valence-corrected chi connectivity index (χ3v) is 5.95. The summed E-state index contributed by atoms with van der Waals surface area (Å²) in [5.41, 5.74) is 1.29. The van der Waals surface area contributed by atoms with Crippen LogP contribution in [0.1, 0.15) is 44.0 Å². The van der Waals surface area contributed by atoms with E-state index in [1.807, 2.05) is 13.0 Å². The van der Waals surface area contributed by atoms with E-state index in [1.165, 1.54) is 0 Å². The first-order valence-electron chi connectivity index (χ1n) is 10.1. The van der Waals surface area contributed by atoms with E-state index in [-0.39, 0.29) is 12.5 Å². The predicted molar refractivity (Wildman–Crippen MR) is 108 cm³/mol. The summed E-state index contributed by atoms with van der Waals surface area (Å²) in [6, 6.07) is 4.83. The van der Waals surface area contributed by atoms with Crippen molar-refractivity contribution in [3.8, 4) is 11.5 Å². The van der Waals surface area contributed by atoms with Gasteiger partial charge in [-0.25, -0.2) is 4.79 Å². The molecule has 1 saturated heterocycles. The van der Waals surface area contributed by atoms with Gasteiger partial charge < -0.3 is 15.2 Å². The summed E-state index contributed by atoms with van der Waals surface area (Å²) in [5.74, 6) is 0.760. The molecule has 4 amide bonds. The second-order valence-electron chi connectivity index (χ2n) is 8.31. The Balaban J connectivity index is 1.42. The fraction of sp³-hybridized carbons (Fsp3) is 0.476. The molecule has 0 radical (unpaired) electrons. The summed E-state index contributed by atoms with van der Waals surface area (Å²) < 4.78 is 5.16. The molecular weight excluding hydrogens is 386 g/mol. The van der Waals surface area contributed by atoms with Gasteiger partial charge in [0.1, 0.15) is 12.1 Å². The van der Waals surface area contributed by atoms with Crippen LogP contribution in [0.5, 0.6) is 0 Å². The Bertz CT molecular complexity index is 1010. The number of urea groups is 1. The zero-order chi connectivity index (χ0) is 21.5. The van der Waals surface area contributed by atoms with Gasteiger partial charge in [0.15, 0.2) is 5.82 Å². The fourth-order valence-corrected chi connectivity index (χ4v) is 4.10. The van der Waals surface area contributed by atoms with E-state index >= 15 is 0 Å². The summed E-state index contributed by atoms with van der Waals surface area (Å²) in [6.45, 7) is 5.41. The summed E-state index contributed by atoms with van der Waals surface area (Å²) in [7, 11) is 0. The van der Waals surface area contributed by atoms with Gasteiger partial charge in [-0.1, -0.05) is 12.1 Å². The van der Waals surface area contributed by atoms with Crippen molar-refractivity contribution in [1.82, 2.24) is 20.4 Å². The van der Waals surface area contributed by atoms with Gasteiger partial charge in [0.05, 0.1) is 0 Å². The second-order valence-corrected chi connectivity index (χ2v) is 8.31. The molecule has 0 bridgehead atoms. The van der Waals surface area contributed by atoms with E-state index in [1.54, 1.807) is 19.1 Å². The zero-order valence-corrected chi connectivity index (χ0v) is 17.3. The van der Waals surface area contributed by atoms with Crippen LogP contribution in [0.4, 0.5) is 10.5 Å². The lowest BCUT2D eigenvalue weighted by molar-refractivity contribution is -0.135. The first kappa shape index (κ1) is 20.1. The highest BCUT2D eigenvalue weighted by molar-refractivity contribution is 6.10. The van der Waals surface area contributed by atoms with Crippen LogP contribution in [0.2, 0.25) is 0 Å². The molecule has 30 heavy (non-hydrogen) atoms. The van der Waals surface area contributed by atoms with Crippen molar-refractivity contribution < 1.29 is 18.9 Å². The molecule has 2 fully saturated rings. The standard InChI is InChI=1S/C21H25N5O4/c1-12-6-8-21(9-7-12)19(28)26(20(29)24-21)11-17(27)23-16-5-4-15(10-13(16)2)18-22-14(3)25-30-18/h4-5,10,12H,6-9,11H2,1-3H3,(H,23,27)(H,24,29). The molecule has 4 rings (SSSR count). The van der Waals surface area contributed by atoms with Crippen molar-refractivity contribution in [3.63, 3.8) is 0 Å². The highest BCUT2D eigenvalue weighted by Crippen LogP contribution is 2.36. The van der Waals surface area contributed by atoms with Crippen LogP contribution < -0.4 is 10.6 Å². The number of carbonyl (C=O) groups is 3. The minimum absolute atomic E-state index is 0.298. The summed E-state index contributed by atoms with van der Waals surface area (Å²) in [5, 5.41) is 9.39. The van der Waals surface area contributed by atoms with Gasteiger partial charge in [-0.2, -0.15) is 4.98 Å². The number of nitrogens with one attached hydrogen (secondary N) is 2. The third kappa shape index (κ3) is 3.67.